The van der Waals surface area contributed by atoms with E-state index in [-0.39, 0.29) is 12.3 Å². The van der Waals surface area contributed by atoms with Crippen LogP contribution in [0.2, 0.25) is 0 Å². The smallest absolute Gasteiger partial charge is 0.339 e. The second kappa shape index (κ2) is 9.24. The van der Waals surface area contributed by atoms with E-state index < -0.39 is 5.97 Å². The standard InChI is InChI=1S/C26H26N4O3/c1-16-20(14-15-23(31)28-22-13-9-8-12-21(22)26(32)33-4)18(3)30-25(27-16)24(17(2)29-30)19-10-6-5-7-11-19/h5-13H,14-15H2,1-4H3,(H,28,31). The van der Waals surface area contributed by atoms with Crippen LogP contribution in [0.15, 0.2) is 54.6 Å². The van der Waals surface area contributed by atoms with Gasteiger partial charge in [0.05, 0.1) is 24.1 Å². The monoisotopic (exact) mass is 442 g/mol. The number of carbonyl (C=O) groups excluding carboxylic acids is 2. The minimum Gasteiger partial charge on any atom is -0.465 e. The van der Waals surface area contributed by atoms with Gasteiger partial charge in [-0.1, -0.05) is 42.5 Å². The lowest BCUT2D eigenvalue weighted by Crippen LogP contribution is -2.16. The van der Waals surface area contributed by atoms with Gasteiger partial charge in [-0.05, 0) is 50.5 Å². The zero-order chi connectivity index (χ0) is 23.5. The van der Waals surface area contributed by atoms with Crippen LogP contribution in [0.1, 0.15) is 39.4 Å². The number of benzene rings is 2. The number of aryl methyl sites for hydroxylation is 3. The van der Waals surface area contributed by atoms with Crippen molar-refractivity contribution in [1.82, 2.24) is 14.6 Å². The van der Waals surface area contributed by atoms with Crippen molar-refractivity contribution in [3.05, 3.63) is 82.8 Å². The molecule has 0 atom stereocenters. The number of hydrogen-bond donors (Lipinski definition) is 1. The minimum atomic E-state index is -0.490. The van der Waals surface area contributed by atoms with Gasteiger partial charge in [0.15, 0.2) is 5.65 Å². The van der Waals surface area contributed by atoms with Gasteiger partial charge in [-0.2, -0.15) is 5.10 Å². The second-order valence-electron chi connectivity index (χ2n) is 7.91. The fourth-order valence-electron chi connectivity index (χ4n) is 4.10. The van der Waals surface area contributed by atoms with Crippen molar-refractivity contribution in [3.63, 3.8) is 0 Å². The molecule has 0 aliphatic rings. The minimum absolute atomic E-state index is 0.188. The van der Waals surface area contributed by atoms with Crippen LogP contribution in [-0.4, -0.2) is 33.6 Å². The first kappa shape index (κ1) is 22.2. The zero-order valence-corrected chi connectivity index (χ0v) is 19.2. The van der Waals surface area contributed by atoms with E-state index >= 15 is 0 Å². The lowest BCUT2D eigenvalue weighted by atomic mass is 10.0. The molecule has 168 valence electrons. The molecule has 0 saturated heterocycles. The maximum Gasteiger partial charge on any atom is 0.339 e. The third-order valence-corrected chi connectivity index (χ3v) is 5.77. The van der Waals surface area contributed by atoms with Crippen LogP contribution < -0.4 is 5.32 Å². The van der Waals surface area contributed by atoms with Crippen molar-refractivity contribution in [3.8, 4) is 11.1 Å². The number of aromatic nitrogens is 3. The molecule has 2 aromatic carbocycles. The molecule has 7 nitrogen and oxygen atoms in total. The summed E-state index contributed by atoms with van der Waals surface area (Å²) in [5.74, 6) is -0.678. The van der Waals surface area contributed by atoms with Gasteiger partial charge in [-0.25, -0.2) is 14.3 Å². The highest BCUT2D eigenvalue weighted by Gasteiger charge is 2.19. The number of esters is 1. The fourth-order valence-corrected chi connectivity index (χ4v) is 4.10. The molecule has 0 fully saturated rings. The number of hydrogen-bond acceptors (Lipinski definition) is 5. The Morgan fingerprint density at radius 1 is 0.970 bits per heavy atom. The van der Waals surface area contributed by atoms with Gasteiger partial charge < -0.3 is 10.1 Å². The highest BCUT2D eigenvalue weighted by Crippen LogP contribution is 2.29. The van der Waals surface area contributed by atoms with Crippen LogP contribution in [0.25, 0.3) is 16.8 Å². The van der Waals surface area contributed by atoms with Crippen LogP contribution in [-0.2, 0) is 16.0 Å². The van der Waals surface area contributed by atoms with Crippen molar-refractivity contribution in [2.24, 2.45) is 0 Å². The predicted molar refractivity (Wildman–Crippen MR) is 127 cm³/mol. The number of amides is 1. The van der Waals surface area contributed by atoms with Crippen LogP contribution in [0.4, 0.5) is 5.69 Å². The number of carbonyl (C=O) groups is 2. The van der Waals surface area contributed by atoms with Gasteiger partial charge in [0.25, 0.3) is 0 Å². The van der Waals surface area contributed by atoms with E-state index in [9.17, 15) is 9.59 Å². The summed E-state index contributed by atoms with van der Waals surface area (Å²) in [6.07, 6.45) is 0.753. The fraction of sp³-hybridized carbons (Fsp3) is 0.231. The number of rotatable bonds is 6. The molecule has 2 heterocycles. The molecule has 0 saturated carbocycles. The first-order valence-electron chi connectivity index (χ1n) is 10.8. The largest absolute Gasteiger partial charge is 0.465 e. The molecule has 0 aliphatic carbocycles. The van der Waals surface area contributed by atoms with Crippen LogP contribution in [0.3, 0.4) is 0 Å². The average molecular weight is 443 g/mol. The number of nitrogens with one attached hydrogen (secondary N) is 1. The zero-order valence-electron chi connectivity index (χ0n) is 19.2. The SMILES string of the molecule is COC(=O)c1ccccc1NC(=O)CCc1c(C)nc2c(-c3ccccc3)c(C)nn2c1C. The average Bonchev–Trinajstić information content (AvgIpc) is 3.15. The van der Waals surface area contributed by atoms with E-state index in [2.05, 4.69) is 17.4 Å². The normalized spacial score (nSPS) is 10.9. The summed E-state index contributed by atoms with van der Waals surface area (Å²) in [5, 5.41) is 7.55. The van der Waals surface area contributed by atoms with Gasteiger partial charge in [0.1, 0.15) is 0 Å². The third-order valence-electron chi connectivity index (χ3n) is 5.77. The van der Waals surface area contributed by atoms with Gasteiger partial charge in [0.2, 0.25) is 5.91 Å². The molecule has 0 spiro atoms. The van der Waals surface area contributed by atoms with Crippen molar-refractivity contribution in [2.45, 2.75) is 33.6 Å². The lowest BCUT2D eigenvalue weighted by Gasteiger charge is -2.13. The van der Waals surface area contributed by atoms with Crippen molar-refractivity contribution in [1.29, 1.82) is 0 Å². The van der Waals surface area contributed by atoms with E-state index in [0.29, 0.717) is 17.7 Å². The number of fused-ring (bicyclic) bond motifs is 1. The van der Waals surface area contributed by atoms with Crippen LogP contribution in [0, 0.1) is 20.8 Å². The summed E-state index contributed by atoms with van der Waals surface area (Å²) >= 11 is 0. The summed E-state index contributed by atoms with van der Waals surface area (Å²) in [7, 11) is 1.32. The Kier molecular flexibility index (Phi) is 6.22. The Morgan fingerprint density at radius 3 is 2.39 bits per heavy atom. The lowest BCUT2D eigenvalue weighted by molar-refractivity contribution is -0.116. The molecule has 0 radical (unpaired) electrons. The third kappa shape index (κ3) is 4.35. The van der Waals surface area contributed by atoms with E-state index in [1.54, 1.807) is 24.3 Å². The number of methoxy groups -OCH3 is 1. The molecule has 33 heavy (non-hydrogen) atoms. The van der Waals surface area contributed by atoms with E-state index in [1.807, 2.05) is 43.5 Å². The van der Waals surface area contributed by atoms with E-state index in [4.69, 9.17) is 14.8 Å². The molecule has 7 heteroatoms. The van der Waals surface area contributed by atoms with E-state index in [0.717, 1.165) is 39.4 Å². The molecular weight excluding hydrogens is 416 g/mol. The Morgan fingerprint density at radius 2 is 1.67 bits per heavy atom. The molecule has 0 aliphatic heterocycles. The predicted octanol–water partition coefficient (Wildman–Crippen LogP) is 4.68. The Labute approximate surface area is 192 Å². The Balaban J connectivity index is 1.58. The first-order valence-corrected chi connectivity index (χ1v) is 10.8. The molecular formula is C26H26N4O3. The second-order valence-corrected chi connectivity index (χ2v) is 7.91. The molecule has 1 N–H and O–H groups in total. The Bertz CT molecular complexity index is 1340. The summed E-state index contributed by atoms with van der Waals surface area (Å²) in [6.45, 7) is 5.95. The first-order chi connectivity index (χ1) is 15.9. The number of ether oxygens (including phenoxy) is 1. The molecule has 0 unspecified atom stereocenters. The van der Waals surface area contributed by atoms with Crippen molar-refractivity contribution >= 4 is 23.2 Å². The van der Waals surface area contributed by atoms with Crippen LogP contribution in [0.5, 0.6) is 0 Å². The Hall–Kier alpha value is -4.00. The van der Waals surface area contributed by atoms with Crippen molar-refractivity contribution in [2.75, 3.05) is 12.4 Å². The molecule has 2 aromatic heterocycles. The number of para-hydroxylation sites is 1. The molecule has 4 rings (SSSR count). The summed E-state index contributed by atoms with van der Waals surface area (Å²) in [5.41, 5.74) is 7.40. The topological polar surface area (TPSA) is 85.6 Å². The molecule has 0 bridgehead atoms. The summed E-state index contributed by atoms with van der Waals surface area (Å²) in [6, 6.07) is 16.9. The van der Waals surface area contributed by atoms with Gasteiger partial charge in [0, 0.05) is 23.4 Å². The number of nitrogens with zero attached hydrogens (tertiary/aromatic N) is 3. The number of anilines is 1. The molecule has 4 aromatic rings. The quantitative estimate of drug-likeness (QED) is 0.438. The summed E-state index contributed by atoms with van der Waals surface area (Å²) < 4.78 is 6.66. The van der Waals surface area contributed by atoms with Crippen LogP contribution >= 0.6 is 0 Å². The van der Waals surface area contributed by atoms with Gasteiger partial charge >= 0.3 is 5.97 Å². The van der Waals surface area contributed by atoms with E-state index in [1.165, 1.54) is 7.11 Å². The van der Waals surface area contributed by atoms with Gasteiger partial charge in [-0.15, -0.1) is 0 Å². The highest BCUT2D eigenvalue weighted by molar-refractivity contribution is 6.01. The van der Waals surface area contributed by atoms with Crippen molar-refractivity contribution < 1.29 is 14.3 Å². The maximum atomic E-state index is 12.7. The van der Waals surface area contributed by atoms with Gasteiger partial charge in [-0.3, -0.25) is 4.79 Å². The maximum absolute atomic E-state index is 12.7. The highest BCUT2D eigenvalue weighted by atomic mass is 16.5. The summed E-state index contributed by atoms with van der Waals surface area (Å²) in [4.78, 5) is 29.5. The molecule has 1 amide bonds.